The first kappa shape index (κ1) is 12.6. The summed E-state index contributed by atoms with van der Waals surface area (Å²) < 4.78 is 5.49. The summed E-state index contributed by atoms with van der Waals surface area (Å²) in [6.45, 7) is 0. The van der Waals surface area contributed by atoms with Crippen LogP contribution in [0.1, 0.15) is 4.88 Å². The molecule has 0 atom stereocenters. The van der Waals surface area contributed by atoms with E-state index in [0.717, 1.165) is 6.08 Å². The van der Waals surface area contributed by atoms with Gasteiger partial charge in [-0.1, -0.05) is 22.9 Å². The third-order valence-electron chi connectivity index (χ3n) is 1.91. The molecule has 6 heteroatoms. The van der Waals surface area contributed by atoms with Gasteiger partial charge in [-0.2, -0.15) is 0 Å². The summed E-state index contributed by atoms with van der Waals surface area (Å²) >= 11 is 7.01. The number of hydrogen-bond donors (Lipinski definition) is 1. The third kappa shape index (κ3) is 3.58. The number of carboxylic acid groups (broad SMARTS) is 1. The van der Waals surface area contributed by atoms with E-state index in [1.165, 1.54) is 17.4 Å². The highest BCUT2D eigenvalue weighted by molar-refractivity contribution is 7.14. The number of aromatic nitrogens is 1. The minimum Gasteiger partial charge on any atom is -0.478 e. The van der Waals surface area contributed by atoms with Crippen molar-refractivity contribution in [3.63, 3.8) is 0 Å². The Hall–Kier alpha value is -1.85. The third-order valence-corrected chi connectivity index (χ3v) is 3.00. The number of ether oxygens (including phenoxy) is 1. The van der Waals surface area contributed by atoms with E-state index in [1.54, 1.807) is 30.5 Å². The summed E-state index contributed by atoms with van der Waals surface area (Å²) in [4.78, 5) is 15.1. The van der Waals surface area contributed by atoms with Crippen molar-refractivity contribution in [2.45, 2.75) is 0 Å². The standard InChI is InChI=1S/C12H8ClNO3S/c13-8-1-3-9(4-2-8)17-12-14-7-10(18-12)5-6-11(15)16/h1-7H,(H,15,16). The Labute approximate surface area is 112 Å². The first-order chi connectivity index (χ1) is 8.63. The molecule has 2 aromatic rings. The zero-order valence-corrected chi connectivity index (χ0v) is 10.6. The van der Waals surface area contributed by atoms with E-state index in [0.29, 0.717) is 20.8 Å². The minimum atomic E-state index is -0.997. The lowest BCUT2D eigenvalue weighted by molar-refractivity contribution is -0.131. The van der Waals surface area contributed by atoms with Crippen molar-refractivity contribution in [1.82, 2.24) is 4.98 Å². The largest absolute Gasteiger partial charge is 0.478 e. The van der Waals surface area contributed by atoms with Gasteiger partial charge in [0.05, 0.1) is 4.88 Å². The molecular weight excluding hydrogens is 274 g/mol. The predicted octanol–water partition coefficient (Wildman–Crippen LogP) is 3.69. The van der Waals surface area contributed by atoms with Crippen molar-refractivity contribution >= 4 is 35.0 Å². The first-order valence-electron chi connectivity index (χ1n) is 4.94. The van der Waals surface area contributed by atoms with Crippen LogP contribution in [0.4, 0.5) is 0 Å². The second kappa shape index (κ2) is 5.66. The molecule has 1 aromatic carbocycles. The predicted molar refractivity (Wildman–Crippen MR) is 70.3 cm³/mol. The number of carboxylic acids is 1. The van der Waals surface area contributed by atoms with Crippen molar-refractivity contribution in [3.8, 4) is 10.9 Å². The Balaban J connectivity index is 2.06. The summed E-state index contributed by atoms with van der Waals surface area (Å²) in [6.07, 6.45) is 4.07. The van der Waals surface area contributed by atoms with Crippen LogP contribution in [0.25, 0.3) is 6.08 Å². The lowest BCUT2D eigenvalue weighted by atomic mass is 10.3. The van der Waals surface area contributed by atoms with Crippen LogP contribution in [0, 0.1) is 0 Å². The summed E-state index contributed by atoms with van der Waals surface area (Å²) in [7, 11) is 0. The number of thiazole rings is 1. The van der Waals surface area contributed by atoms with Crippen molar-refractivity contribution in [3.05, 3.63) is 46.4 Å². The van der Waals surface area contributed by atoms with Gasteiger partial charge in [0.2, 0.25) is 0 Å². The van der Waals surface area contributed by atoms with Crippen molar-refractivity contribution < 1.29 is 14.6 Å². The lowest BCUT2D eigenvalue weighted by Gasteiger charge is -2.00. The molecule has 2 rings (SSSR count). The highest BCUT2D eigenvalue weighted by Gasteiger charge is 2.03. The van der Waals surface area contributed by atoms with Crippen LogP contribution in [0.3, 0.4) is 0 Å². The van der Waals surface area contributed by atoms with Crippen molar-refractivity contribution in [2.75, 3.05) is 0 Å². The molecule has 1 N–H and O–H groups in total. The average molecular weight is 282 g/mol. The van der Waals surface area contributed by atoms with Crippen LogP contribution in [-0.4, -0.2) is 16.1 Å². The second-order valence-electron chi connectivity index (χ2n) is 3.26. The van der Waals surface area contributed by atoms with Gasteiger partial charge in [-0.05, 0) is 30.3 Å². The maximum Gasteiger partial charge on any atom is 0.328 e. The van der Waals surface area contributed by atoms with Crippen molar-refractivity contribution in [2.24, 2.45) is 0 Å². The Bertz CT molecular complexity index is 577. The van der Waals surface area contributed by atoms with Gasteiger partial charge in [-0.3, -0.25) is 0 Å². The van der Waals surface area contributed by atoms with Gasteiger partial charge in [0.25, 0.3) is 5.19 Å². The summed E-state index contributed by atoms with van der Waals surface area (Å²) in [5.41, 5.74) is 0. The highest BCUT2D eigenvalue weighted by atomic mass is 35.5. The van der Waals surface area contributed by atoms with Gasteiger partial charge >= 0.3 is 5.97 Å². The van der Waals surface area contributed by atoms with Gasteiger partial charge in [-0.25, -0.2) is 9.78 Å². The molecule has 0 saturated heterocycles. The van der Waals surface area contributed by atoms with Gasteiger partial charge in [0.15, 0.2) is 0 Å². The second-order valence-corrected chi connectivity index (χ2v) is 4.72. The van der Waals surface area contributed by atoms with Crippen LogP contribution >= 0.6 is 22.9 Å². The molecule has 0 spiro atoms. The summed E-state index contributed by atoms with van der Waals surface area (Å²) in [5, 5.41) is 9.57. The van der Waals surface area contributed by atoms with E-state index < -0.39 is 5.97 Å². The molecule has 1 aromatic heterocycles. The molecule has 0 aliphatic carbocycles. The number of nitrogens with zero attached hydrogens (tertiary/aromatic N) is 1. The molecule has 92 valence electrons. The van der Waals surface area contributed by atoms with Crippen LogP contribution < -0.4 is 4.74 Å². The highest BCUT2D eigenvalue weighted by Crippen LogP contribution is 2.27. The SMILES string of the molecule is O=C(O)C=Cc1cnc(Oc2ccc(Cl)cc2)s1. The zero-order valence-electron chi connectivity index (χ0n) is 9.04. The Morgan fingerprint density at radius 3 is 2.78 bits per heavy atom. The molecule has 0 bridgehead atoms. The normalized spacial score (nSPS) is 10.7. The minimum absolute atomic E-state index is 0.447. The molecule has 0 saturated carbocycles. The molecule has 1 heterocycles. The van der Waals surface area contributed by atoms with Gasteiger partial charge < -0.3 is 9.84 Å². The van der Waals surface area contributed by atoms with Crippen LogP contribution in [-0.2, 0) is 4.79 Å². The van der Waals surface area contributed by atoms with E-state index in [1.807, 2.05) is 0 Å². The Morgan fingerprint density at radius 2 is 2.11 bits per heavy atom. The van der Waals surface area contributed by atoms with Crippen LogP contribution in [0.5, 0.6) is 10.9 Å². The Morgan fingerprint density at radius 1 is 1.39 bits per heavy atom. The molecule has 0 fully saturated rings. The van der Waals surface area contributed by atoms with E-state index in [-0.39, 0.29) is 0 Å². The van der Waals surface area contributed by atoms with E-state index in [2.05, 4.69) is 4.98 Å². The number of benzene rings is 1. The number of halogens is 1. The van der Waals surface area contributed by atoms with E-state index in [9.17, 15) is 4.79 Å². The molecule has 0 amide bonds. The van der Waals surface area contributed by atoms with Gasteiger partial charge in [0, 0.05) is 17.3 Å². The average Bonchev–Trinajstić information content (AvgIpc) is 2.77. The van der Waals surface area contributed by atoms with E-state index in [4.69, 9.17) is 21.4 Å². The number of aliphatic carboxylic acids is 1. The van der Waals surface area contributed by atoms with Gasteiger partial charge in [-0.15, -0.1) is 0 Å². The summed E-state index contributed by atoms with van der Waals surface area (Å²) in [5.74, 6) is -0.369. The fourth-order valence-corrected chi connectivity index (χ4v) is 1.96. The lowest BCUT2D eigenvalue weighted by Crippen LogP contribution is -1.84. The van der Waals surface area contributed by atoms with Crippen LogP contribution in [0.15, 0.2) is 36.5 Å². The number of hydrogen-bond acceptors (Lipinski definition) is 4. The molecule has 18 heavy (non-hydrogen) atoms. The number of rotatable bonds is 4. The maximum atomic E-state index is 10.4. The Kier molecular flexibility index (Phi) is 3.96. The quantitative estimate of drug-likeness (QED) is 0.868. The van der Waals surface area contributed by atoms with Crippen molar-refractivity contribution in [1.29, 1.82) is 0 Å². The maximum absolute atomic E-state index is 10.4. The fourth-order valence-electron chi connectivity index (χ4n) is 1.15. The molecule has 0 unspecified atom stereocenters. The smallest absolute Gasteiger partial charge is 0.328 e. The zero-order chi connectivity index (χ0) is 13.0. The molecule has 0 aliphatic heterocycles. The molecule has 0 aliphatic rings. The molecular formula is C12H8ClNO3S. The first-order valence-corrected chi connectivity index (χ1v) is 6.13. The van der Waals surface area contributed by atoms with Crippen LogP contribution in [0.2, 0.25) is 5.02 Å². The monoisotopic (exact) mass is 281 g/mol. The summed E-state index contributed by atoms with van der Waals surface area (Å²) in [6, 6.07) is 6.90. The van der Waals surface area contributed by atoms with Gasteiger partial charge in [0.1, 0.15) is 5.75 Å². The molecule has 0 radical (unpaired) electrons. The topological polar surface area (TPSA) is 59.4 Å². The molecule has 4 nitrogen and oxygen atoms in total. The fraction of sp³-hybridized carbons (Fsp3) is 0. The van der Waals surface area contributed by atoms with E-state index >= 15 is 0 Å². The number of carbonyl (C=O) groups is 1.